The van der Waals surface area contributed by atoms with Gasteiger partial charge >= 0.3 is 0 Å². The van der Waals surface area contributed by atoms with E-state index in [4.69, 9.17) is 10.00 Å². The lowest BCUT2D eigenvalue weighted by Gasteiger charge is -2.29. The average molecular weight is 410 g/mol. The molecule has 0 radical (unpaired) electrons. The molecule has 1 aliphatic rings. The Labute approximate surface area is 177 Å². The van der Waals surface area contributed by atoms with Crippen LogP contribution in [0.4, 0.5) is 4.39 Å². The van der Waals surface area contributed by atoms with Gasteiger partial charge in [0.1, 0.15) is 11.6 Å². The second kappa shape index (κ2) is 10.6. The maximum absolute atomic E-state index is 14.0. The number of guanidine groups is 1. The molecule has 0 spiro atoms. The Morgan fingerprint density at radius 2 is 1.93 bits per heavy atom. The average Bonchev–Trinajstić information content (AvgIpc) is 3.32. The van der Waals surface area contributed by atoms with Crippen LogP contribution < -0.4 is 15.4 Å². The van der Waals surface area contributed by atoms with Crippen LogP contribution in [-0.4, -0.2) is 44.7 Å². The van der Waals surface area contributed by atoms with Gasteiger partial charge in [-0.1, -0.05) is 12.1 Å². The van der Waals surface area contributed by atoms with Crippen molar-refractivity contribution in [2.24, 2.45) is 4.99 Å². The first-order valence-electron chi connectivity index (χ1n) is 10.2. The zero-order valence-corrected chi connectivity index (χ0v) is 17.5. The SMILES string of the molecule is CN=C(NCc1cc(C#N)ccc1F)NCC(c1ccc(OC)cc1)N1CCCC1. The van der Waals surface area contributed by atoms with Crippen LogP contribution in [0.2, 0.25) is 0 Å². The molecule has 1 atom stereocenters. The standard InChI is InChI=1S/C23H28FN5O/c1-26-23(27-15-19-13-17(14-25)5-10-21(19)24)28-16-22(29-11-3-4-12-29)18-6-8-20(30-2)9-7-18/h5-10,13,22H,3-4,11-12,15-16H2,1-2H3,(H2,26,27,28). The third-order valence-corrected chi connectivity index (χ3v) is 5.39. The summed E-state index contributed by atoms with van der Waals surface area (Å²) in [5.74, 6) is 1.09. The van der Waals surface area contributed by atoms with Gasteiger partial charge in [0, 0.05) is 25.7 Å². The van der Waals surface area contributed by atoms with Crippen molar-refractivity contribution in [3.8, 4) is 11.8 Å². The topological polar surface area (TPSA) is 72.7 Å². The molecule has 2 N–H and O–H groups in total. The summed E-state index contributed by atoms with van der Waals surface area (Å²) in [6.07, 6.45) is 2.41. The van der Waals surface area contributed by atoms with Gasteiger partial charge in [0.15, 0.2) is 5.96 Å². The van der Waals surface area contributed by atoms with E-state index in [1.807, 2.05) is 18.2 Å². The van der Waals surface area contributed by atoms with Crippen LogP contribution in [0.5, 0.6) is 5.75 Å². The van der Waals surface area contributed by atoms with E-state index in [9.17, 15) is 4.39 Å². The Hall–Kier alpha value is -3.11. The van der Waals surface area contributed by atoms with E-state index in [1.165, 1.54) is 30.5 Å². The molecule has 1 aliphatic heterocycles. The number of benzene rings is 2. The fraction of sp³-hybridized carbons (Fsp3) is 0.391. The van der Waals surface area contributed by atoms with Crippen molar-refractivity contribution >= 4 is 5.96 Å². The number of hydrogen-bond acceptors (Lipinski definition) is 4. The van der Waals surface area contributed by atoms with Gasteiger partial charge in [-0.3, -0.25) is 9.89 Å². The largest absolute Gasteiger partial charge is 0.497 e. The molecule has 1 saturated heterocycles. The number of methoxy groups -OCH3 is 1. The molecule has 2 aromatic carbocycles. The minimum atomic E-state index is -0.342. The summed E-state index contributed by atoms with van der Waals surface area (Å²) in [6.45, 7) is 3.05. The van der Waals surface area contributed by atoms with Crippen molar-refractivity contribution in [3.63, 3.8) is 0 Å². The Balaban J connectivity index is 1.65. The number of rotatable bonds is 7. The summed E-state index contributed by atoms with van der Waals surface area (Å²) < 4.78 is 19.3. The Bertz CT molecular complexity index is 901. The molecule has 2 aromatic rings. The van der Waals surface area contributed by atoms with Crippen LogP contribution in [0.15, 0.2) is 47.5 Å². The van der Waals surface area contributed by atoms with Gasteiger partial charge in [-0.25, -0.2) is 4.39 Å². The Kier molecular flexibility index (Phi) is 7.63. The molecule has 158 valence electrons. The quantitative estimate of drug-likeness (QED) is 0.543. The number of aliphatic imine (C=N–C) groups is 1. The molecule has 6 nitrogen and oxygen atoms in total. The fourth-order valence-corrected chi connectivity index (χ4v) is 3.71. The summed E-state index contributed by atoms with van der Waals surface area (Å²) in [7, 11) is 3.36. The smallest absolute Gasteiger partial charge is 0.191 e. The van der Waals surface area contributed by atoms with Crippen molar-refractivity contribution in [2.45, 2.75) is 25.4 Å². The first-order chi connectivity index (χ1) is 14.6. The zero-order valence-electron chi connectivity index (χ0n) is 17.5. The maximum atomic E-state index is 14.0. The van der Waals surface area contributed by atoms with Gasteiger partial charge in [0.2, 0.25) is 0 Å². The normalized spacial score (nSPS) is 15.5. The summed E-state index contributed by atoms with van der Waals surface area (Å²) in [5, 5.41) is 15.5. The van der Waals surface area contributed by atoms with Crippen molar-refractivity contribution in [3.05, 3.63) is 65.0 Å². The highest BCUT2D eigenvalue weighted by atomic mass is 19.1. The zero-order chi connectivity index (χ0) is 21.3. The number of nitrogens with zero attached hydrogens (tertiary/aromatic N) is 3. The van der Waals surface area contributed by atoms with Crippen LogP contribution in [0.1, 0.15) is 35.6 Å². The van der Waals surface area contributed by atoms with E-state index in [1.54, 1.807) is 20.2 Å². The molecule has 0 aromatic heterocycles. The van der Waals surface area contributed by atoms with E-state index < -0.39 is 0 Å². The van der Waals surface area contributed by atoms with Crippen LogP contribution >= 0.6 is 0 Å². The predicted molar refractivity (Wildman–Crippen MR) is 116 cm³/mol. The van der Waals surface area contributed by atoms with E-state index >= 15 is 0 Å². The highest BCUT2D eigenvalue weighted by Crippen LogP contribution is 2.26. The Morgan fingerprint density at radius 3 is 2.57 bits per heavy atom. The first kappa shape index (κ1) is 21.6. The molecule has 0 saturated carbocycles. The van der Waals surface area contributed by atoms with Crippen molar-refractivity contribution < 1.29 is 9.13 Å². The van der Waals surface area contributed by atoms with Crippen LogP contribution in [0.25, 0.3) is 0 Å². The van der Waals surface area contributed by atoms with Gasteiger partial charge in [-0.15, -0.1) is 0 Å². The monoisotopic (exact) mass is 409 g/mol. The van der Waals surface area contributed by atoms with Crippen molar-refractivity contribution in [2.75, 3.05) is 33.8 Å². The first-order valence-corrected chi connectivity index (χ1v) is 10.2. The molecule has 30 heavy (non-hydrogen) atoms. The second-order valence-electron chi connectivity index (χ2n) is 7.26. The highest BCUT2D eigenvalue weighted by molar-refractivity contribution is 5.79. The third kappa shape index (κ3) is 5.49. The minimum absolute atomic E-state index is 0.204. The number of likely N-dealkylation sites (tertiary alicyclic amines) is 1. The molecular weight excluding hydrogens is 381 g/mol. The van der Waals surface area contributed by atoms with Gasteiger partial charge in [0.05, 0.1) is 24.8 Å². The maximum Gasteiger partial charge on any atom is 0.191 e. The number of hydrogen-bond donors (Lipinski definition) is 2. The van der Waals surface area contributed by atoms with Crippen LogP contribution in [0, 0.1) is 17.1 Å². The lowest BCUT2D eigenvalue weighted by Crippen LogP contribution is -2.42. The molecule has 0 aliphatic carbocycles. The predicted octanol–water partition coefficient (Wildman–Crippen LogP) is 3.21. The van der Waals surface area contributed by atoms with E-state index in [2.05, 4.69) is 32.7 Å². The summed E-state index contributed by atoms with van der Waals surface area (Å²) in [5.41, 5.74) is 2.08. The molecule has 0 amide bonds. The van der Waals surface area contributed by atoms with E-state index in [0.717, 1.165) is 18.8 Å². The second-order valence-corrected chi connectivity index (χ2v) is 7.26. The van der Waals surface area contributed by atoms with E-state index in [0.29, 0.717) is 23.6 Å². The van der Waals surface area contributed by atoms with E-state index in [-0.39, 0.29) is 18.4 Å². The Morgan fingerprint density at radius 1 is 1.20 bits per heavy atom. The molecule has 7 heteroatoms. The lowest BCUT2D eigenvalue weighted by molar-refractivity contribution is 0.245. The van der Waals surface area contributed by atoms with Gasteiger partial charge in [-0.05, 0) is 61.8 Å². The van der Waals surface area contributed by atoms with Gasteiger partial charge < -0.3 is 15.4 Å². The summed E-state index contributed by atoms with van der Waals surface area (Å²) in [6, 6.07) is 14.8. The fourth-order valence-electron chi connectivity index (χ4n) is 3.71. The molecular formula is C23H28FN5O. The highest BCUT2D eigenvalue weighted by Gasteiger charge is 2.23. The number of halogens is 1. The van der Waals surface area contributed by atoms with Gasteiger partial charge in [-0.2, -0.15) is 5.26 Å². The summed E-state index contributed by atoms with van der Waals surface area (Å²) in [4.78, 5) is 6.73. The molecule has 1 fully saturated rings. The van der Waals surface area contributed by atoms with Crippen molar-refractivity contribution in [1.82, 2.24) is 15.5 Å². The number of nitriles is 1. The van der Waals surface area contributed by atoms with Crippen molar-refractivity contribution in [1.29, 1.82) is 5.26 Å². The molecule has 1 unspecified atom stereocenters. The summed E-state index contributed by atoms with van der Waals surface area (Å²) >= 11 is 0. The van der Waals surface area contributed by atoms with Crippen LogP contribution in [0.3, 0.4) is 0 Å². The van der Waals surface area contributed by atoms with Gasteiger partial charge in [0.25, 0.3) is 0 Å². The third-order valence-electron chi connectivity index (χ3n) is 5.39. The molecule has 1 heterocycles. The number of nitrogens with one attached hydrogen (secondary N) is 2. The number of ether oxygens (including phenoxy) is 1. The minimum Gasteiger partial charge on any atom is -0.497 e. The molecule has 0 bridgehead atoms. The molecule has 3 rings (SSSR count). The van der Waals surface area contributed by atoms with Crippen LogP contribution in [-0.2, 0) is 6.54 Å². The lowest BCUT2D eigenvalue weighted by atomic mass is 10.1.